The molecular formula is C10H9F6NO. The molecule has 0 saturated heterocycles. The van der Waals surface area contributed by atoms with Crippen LogP contribution in [0.2, 0.25) is 0 Å². The fraction of sp³-hybridized carbons (Fsp3) is 0.400. The van der Waals surface area contributed by atoms with Crippen molar-refractivity contribution in [3.05, 3.63) is 23.8 Å². The molecule has 0 atom stereocenters. The van der Waals surface area contributed by atoms with Crippen LogP contribution in [0, 0.1) is 0 Å². The van der Waals surface area contributed by atoms with Crippen molar-refractivity contribution in [2.45, 2.75) is 24.7 Å². The summed E-state index contributed by atoms with van der Waals surface area (Å²) in [6, 6.07) is 1.71. The molecule has 1 aromatic carbocycles. The summed E-state index contributed by atoms with van der Waals surface area (Å²) >= 11 is 0. The molecule has 0 aliphatic rings. The minimum atomic E-state index is -5.53. The lowest BCUT2D eigenvalue weighted by Crippen LogP contribution is -2.51. The van der Waals surface area contributed by atoms with Crippen LogP contribution in [-0.2, 0) is 5.41 Å². The van der Waals surface area contributed by atoms with Crippen LogP contribution in [0.1, 0.15) is 12.5 Å². The predicted octanol–water partition coefficient (Wildman–Crippen LogP) is 3.36. The first-order valence-electron chi connectivity index (χ1n) is 4.63. The Hall–Kier alpha value is -1.60. The Kier molecular flexibility index (Phi) is 3.18. The van der Waals surface area contributed by atoms with Crippen molar-refractivity contribution in [3.63, 3.8) is 0 Å². The third-order valence-corrected chi connectivity index (χ3v) is 2.74. The summed E-state index contributed by atoms with van der Waals surface area (Å²) in [6.07, 6.45) is -11.1. The molecule has 0 amide bonds. The molecular weight excluding hydrogens is 264 g/mol. The van der Waals surface area contributed by atoms with E-state index in [9.17, 15) is 26.3 Å². The number of anilines is 1. The van der Waals surface area contributed by atoms with E-state index in [0.29, 0.717) is 18.2 Å². The maximum absolute atomic E-state index is 12.7. The molecule has 18 heavy (non-hydrogen) atoms. The summed E-state index contributed by atoms with van der Waals surface area (Å²) < 4.78 is 76.2. The molecule has 102 valence electrons. The van der Waals surface area contributed by atoms with E-state index in [0.717, 1.165) is 0 Å². The molecule has 0 spiro atoms. The summed E-state index contributed by atoms with van der Waals surface area (Å²) in [5.41, 5.74) is -0.541. The summed E-state index contributed by atoms with van der Waals surface area (Å²) in [5, 5.41) is 9.03. The van der Waals surface area contributed by atoms with Crippen molar-refractivity contribution < 1.29 is 31.4 Å². The number of hydrogen-bond acceptors (Lipinski definition) is 2. The fourth-order valence-electron chi connectivity index (χ4n) is 1.35. The molecule has 2 nitrogen and oxygen atoms in total. The van der Waals surface area contributed by atoms with Gasteiger partial charge in [0.25, 0.3) is 0 Å². The van der Waals surface area contributed by atoms with Crippen molar-refractivity contribution in [1.82, 2.24) is 0 Å². The average Bonchev–Trinajstić information content (AvgIpc) is 2.17. The Morgan fingerprint density at radius 2 is 1.44 bits per heavy atom. The van der Waals surface area contributed by atoms with E-state index in [1.807, 2.05) is 0 Å². The number of nitrogen functional groups attached to an aromatic ring is 1. The van der Waals surface area contributed by atoms with Crippen LogP contribution in [0.25, 0.3) is 0 Å². The van der Waals surface area contributed by atoms with E-state index < -0.39 is 34.8 Å². The molecule has 3 N–H and O–H groups in total. The Morgan fingerprint density at radius 1 is 1.00 bits per heavy atom. The number of rotatable bonds is 1. The van der Waals surface area contributed by atoms with Crippen LogP contribution in [-0.4, -0.2) is 17.5 Å². The van der Waals surface area contributed by atoms with Crippen molar-refractivity contribution >= 4 is 5.69 Å². The number of halogens is 6. The van der Waals surface area contributed by atoms with Crippen molar-refractivity contribution in [1.29, 1.82) is 0 Å². The van der Waals surface area contributed by atoms with Gasteiger partial charge in [-0.05, 0) is 24.6 Å². The number of alkyl halides is 6. The molecule has 0 aromatic heterocycles. The second-order valence-corrected chi connectivity index (χ2v) is 3.89. The largest absolute Gasteiger partial charge is 0.506 e. The van der Waals surface area contributed by atoms with E-state index in [-0.39, 0.29) is 6.92 Å². The van der Waals surface area contributed by atoms with Gasteiger partial charge in [0.1, 0.15) is 5.75 Å². The van der Waals surface area contributed by atoms with Crippen LogP contribution in [0.3, 0.4) is 0 Å². The quantitative estimate of drug-likeness (QED) is 0.468. The average molecular weight is 273 g/mol. The second-order valence-electron chi connectivity index (χ2n) is 3.89. The highest BCUT2D eigenvalue weighted by Crippen LogP contribution is 2.52. The minimum absolute atomic E-state index is 0.0266. The van der Waals surface area contributed by atoms with E-state index in [1.165, 1.54) is 0 Å². The van der Waals surface area contributed by atoms with Crippen LogP contribution in [0.15, 0.2) is 18.2 Å². The molecule has 8 heteroatoms. The first-order chi connectivity index (χ1) is 7.91. The second kappa shape index (κ2) is 3.96. The Balaban J connectivity index is 3.51. The molecule has 1 rings (SSSR count). The van der Waals surface area contributed by atoms with E-state index in [4.69, 9.17) is 10.8 Å². The summed E-state index contributed by atoms with van der Waals surface area (Å²) in [6.45, 7) is 0.0266. The molecule has 0 unspecified atom stereocenters. The van der Waals surface area contributed by atoms with E-state index in [2.05, 4.69) is 0 Å². The lowest BCUT2D eigenvalue weighted by molar-refractivity contribution is -0.297. The fourth-order valence-corrected chi connectivity index (χ4v) is 1.35. The topological polar surface area (TPSA) is 46.2 Å². The highest BCUT2D eigenvalue weighted by atomic mass is 19.4. The zero-order valence-corrected chi connectivity index (χ0v) is 9.02. The van der Waals surface area contributed by atoms with Gasteiger partial charge < -0.3 is 10.8 Å². The number of nitrogens with two attached hydrogens (primary N) is 1. The van der Waals surface area contributed by atoms with Crippen molar-refractivity contribution in [2.24, 2.45) is 0 Å². The third-order valence-electron chi connectivity index (χ3n) is 2.74. The molecule has 0 fully saturated rings. The van der Waals surface area contributed by atoms with Gasteiger partial charge in [-0.3, -0.25) is 0 Å². The highest BCUT2D eigenvalue weighted by Gasteiger charge is 2.68. The Labute approximate surface area is 98.0 Å². The number of phenols is 1. The molecule has 1 aromatic rings. The molecule has 0 heterocycles. The third kappa shape index (κ3) is 2.06. The van der Waals surface area contributed by atoms with E-state index >= 15 is 0 Å². The molecule has 0 bridgehead atoms. The van der Waals surface area contributed by atoms with Gasteiger partial charge in [-0.2, -0.15) is 26.3 Å². The summed E-state index contributed by atoms with van der Waals surface area (Å²) in [5.74, 6) is -0.578. The standard InChI is InChI=1S/C10H9F6NO/c1-8(9(11,12)13,10(14,15)16)5-2-3-7(18)6(17)4-5/h2-4,18H,17H2,1H3. The minimum Gasteiger partial charge on any atom is -0.506 e. The SMILES string of the molecule is CC(c1ccc(O)c(N)c1)(C(F)(F)F)C(F)(F)F. The lowest BCUT2D eigenvalue weighted by Gasteiger charge is -2.34. The maximum atomic E-state index is 12.7. The molecule has 0 aliphatic carbocycles. The van der Waals surface area contributed by atoms with Crippen LogP contribution < -0.4 is 5.73 Å². The summed E-state index contributed by atoms with van der Waals surface area (Å²) in [7, 11) is 0. The van der Waals surface area contributed by atoms with Gasteiger partial charge in [0.15, 0.2) is 5.41 Å². The normalized spacial score (nSPS) is 13.7. The molecule has 0 radical (unpaired) electrons. The van der Waals surface area contributed by atoms with Gasteiger partial charge in [-0.25, -0.2) is 0 Å². The van der Waals surface area contributed by atoms with Gasteiger partial charge in [-0.1, -0.05) is 6.07 Å². The Bertz CT molecular complexity index is 437. The van der Waals surface area contributed by atoms with Gasteiger partial charge >= 0.3 is 12.4 Å². The van der Waals surface area contributed by atoms with E-state index in [1.54, 1.807) is 0 Å². The van der Waals surface area contributed by atoms with Gasteiger partial charge in [-0.15, -0.1) is 0 Å². The van der Waals surface area contributed by atoms with Crippen molar-refractivity contribution in [2.75, 3.05) is 5.73 Å². The highest BCUT2D eigenvalue weighted by molar-refractivity contribution is 5.55. The first-order valence-corrected chi connectivity index (χ1v) is 4.63. The predicted molar refractivity (Wildman–Crippen MR) is 52.0 cm³/mol. The number of benzene rings is 1. The maximum Gasteiger partial charge on any atom is 0.406 e. The van der Waals surface area contributed by atoms with Gasteiger partial charge in [0, 0.05) is 0 Å². The monoisotopic (exact) mass is 273 g/mol. The number of hydrogen-bond donors (Lipinski definition) is 2. The summed E-state index contributed by atoms with van der Waals surface area (Å²) in [4.78, 5) is 0. The van der Waals surface area contributed by atoms with Crippen LogP contribution in [0.4, 0.5) is 32.0 Å². The van der Waals surface area contributed by atoms with Crippen LogP contribution in [0.5, 0.6) is 5.75 Å². The lowest BCUT2D eigenvalue weighted by atomic mass is 9.80. The van der Waals surface area contributed by atoms with Gasteiger partial charge in [0.2, 0.25) is 0 Å². The zero-order valence-electron chi connectivity index (χ0n) is 9.02. The van der Waals surface area contributed by atoms with Gasteiger partial charge in [0.05, 0.1) is 5.69 Å². The van der Waals surface area contributed by atoms with Crippen molar-refractivity contribution in [3.8, 4) is 5.75 Å². The Morgan fingerprint density at radius 3 is 1.78 bits per heavy atom. The number of phenolic OH excluding ortho intramolecular Hbond substituents is 1. The zero-order chi connectivity index (χ0) is 14.4. The number of aromatic hydroxyl groups is 1. The smallest absolute Gasteiger partial charge is 0.406 e. The molecule has 0 aliphatic heterocycles. The molecule has 0 saturated carbocycles. The first kappa shape index (κ1) is 14.5. The van der Waals surface area contributed by atoms with Crippen LogP contribution >= 0.6 is 0 Å².